The van der Waals surface area contributed by atoms with Crippen LogP contribution in [0.3, 0.4) is 0 Å². The Labute approximate surface area is 120 Å². The highest BCUT2D eigenvalue weighted by molar-refractivity contribution is 7.16. The van der Waals surface area contributed by atoms with Crippen LogP contribution in [0.1, 0.15) is 22.3 Å². The zero-order valence-corrected chi connectivity index (χ0v) is 12.2. The third-order valence-corrected chi connectivity index (χ3v) is 3.89. The number of nitrogens with zero attached hydrogens (tertiary/aromatic N) is 2. The Hall–Kier alpha value is -2.15. The number of amides is 1. The molecule has 0 saturated carbocycles. The van der Waals surface area contributed by atoms with Gasteiger partial charge in [-0.3, -0.25) is 4.79 Å². The average Bonchev–Trinajstić information content (AvgIpc) is 3.06. The van der Waals surface area contributed by atoms with Gasteiger partial charge in [-0.05, 0) is 26.0 Å². The van der Waals surface area contributed by atoms with Crippen LogP contribution in [0.2, 0.25) is 0 Å². The normalized spacial score (nSPS) is 11.9. The molecule has 106 valence electrons. The lowest BCUT2D eigenvalue weighted by Gasteiger charge is -2.10. The summed E-state index contributed by atoms with van der Waals surface area (Å²) in [5.41, 5.74) is 0.633. The van der Waals surface area contributed by atoms with Crippen LogP contribution in [0, 0.1) is 6.92 Å². The number of carbonyl (C=O) groups is 2. The quantitative estimate of drug-likeness (QED) is 0.868. The van der Waals surface area contributed by atoms with Crippen LogP contribution in [0.4, 0.5) is 0 Å². The number of hydrogen-bond acceptors (Lipinski definition) is 5. The number of ether oxygens (including phenoxy) is 1. The van der Waals surface area contributed by atoms with Crippen molar-refractivity contribution in [3.63, 3.8) is 0 Å². The molecule has 0 aliphatic carbocycles. The second kappa shape index (κ2) is 5.87. The van der Waals surface area contributed by atoms with Crippen molar-refractivity contribution < 1.29 is 14.3 Å². The topological polar surface area (TPSA) is 73.2 Å². The number of aromatic nitrogens is 2. The Balaban J connectivity index is 2.17. The molecule has 1 amide bonds. The fourth-order valence-electron chi connectivity index (χ4n) is 1.66. The molecule has 2 aromatic rings. The summed E-state index contributed by atoms with van der Waals surface area (Å²) in [6.07, 6.45) is 3.72. The Morgan fingerprint density at radius 3 is 2.65 bits per heavy atom. The SMILES string of the molecule is COC(=O)[C@@H](C)NC(=O)c1sc(-n2cccc2)nc1C. The molecule has 0 unspecified atom stereocenters. The molecule has 2 rings (SSSR count). The van der Waals surface area contributed by atoms with Crippen molar-refractivity contribution >= 4 is 23.2 Å². The number of aryl methyl sites for hydroxylation is 1. The maximum absolute atomic E-state index is 12.1. The van der Waals surface area contributed by atoms with E-state index in [0.717, 1.165) is 0 Å². The summed E-state index contributed by atoms with van der Waals surface area (Å²) in [5, 5.41) is 3.31. The lowest BCUT2D eigenvalue weighted by Crippen LogP contribution is -2.39. The second-order valence-electron chi connectivity index (χ2n) is 4.22. The number of methoxy groups -OCH3 is 1. The summed E-state index contributed by atoms with van der Waals surface area (Å²) >= 11 is 1.27. The van der Waals surface area contributed by atoms with Gasteiger partial charge in [0.25, 0.3) is 5.91 Å². The molecule has 2 aromatic heterocycles. The molecule has 2 heterocycles. The van der Waals surface area contributed by atoms with Gasteiger partial charge >= 0.3 is 5.97 Å². The Bertz CT molecular complexity index is 619. The van der Waals surface area contributed by atoms with E-state index in [9.17, 15) is 9.59 Å². The summed E-state index contributed by atoms with van der Waals surface area (Å²) in [6.45, 7) is 3.34. The predicted molar refractivity (Wildman–Crippen MR) is 75.1 cm³/mol. The second-order valence-corrected chi connectivity index (χ2v) is 5.20. The molecule has 0 spiro atoms. The van der Waals surface area contributed by atoms with Gasteiger partial charge in [-0.2, -0.15) is 0 Å². The fourth-order valence-corrected chi connectivity index (χ4v) is 2.60. The smallest absolute Gasteiger partial charge is 0.328 e. The van der Waals surface area contributed by atoms with Crippen molar-refractivity contribution in [1.29, 1.82) is 0 Å². The molecule has 1 atom stereocenters. The van der Waals surface area contributed by atoms with E-state index in [4.69, 9.17) is 0 Å². The number of hydrogen-bond donors (Lipinski definition) is 1. The molecule has 0 fully saturated rings. The highest BCUT2D eigenvalue weighted by Crippen LogP contribution is 2.21. The van der Waals surface area contributed by atoms with Gasteiger partial charge in [0.05, 0.1) is 12.8 Å². The van der Waals surface area contributed by atoms with Crippen LogP contribution >= 0.6 is 11.3 Å². The highest BCUT2D eigenvalue weighted by Gasteiger charge is 2.21. The predicted octanol–water partition coefficient (Wildman–Crippen LogP) is 1.53. The number of thiazole rings is 1. The van der Waals surface area contributed by atoms with Crippen molar-refractivity contribution in [2.24, 2.45) is 0 Å². The maximum atomic E-state index is 12.1. The van der Waals surface area contributed by atoms with Gasteiger partial charge in [0.15, 0.2) is 5.13 Å². The van der Waals surface area contributed by atoms with E-state index in [-0.39, 0.29) is 5.91 Å². The Morgan fingerprint density at radius 2 is 2.05 bits per heavy atom. The van der Waals surface area contributed by atoms with E-state index in [1.165, 1.54) is 18.4 Å². The van der Waals surface area contributed by atoms with Crippen LogP contribution < -0.4 is 5.32 Å². The molecule has 20 heavy (non-hydrogen) atoms. The van der Waals surface area contributed by atoms with Gasteiger partial charge in [-0.1, -0.05) is 11.3 Å². The summed E-state index contributed by atoms with van der Waals surface area (Å²) in [7, 11) is 1.28. The molecule has 0 aliphatic heterocycles. The summed E-state index contributed by atoms with van der Waals surface area (Å²) < 4.78 is 6.40. The molecular formula is C13H15N3O3S. The van der Waals surface area contributed by atoms with Crippen LogP contribution in [-0.4, -0.2) is 34.6 Å². The molecule has 0 radical (unpaired) electrons. The molecule has 0 saturated heterocycles. The van der Waals surface area contributed by atoms with Crippen LogP contribution in [0.5, 0.6) is 0 Å². The molecule has 6 nitrogen and oxygen atoms in total. The summed E-state index contributed by atoms with van der Waals surface area (Å²) in [6, 6.07) is 3.08. The highest BCUT2D eigenvalue weighted by atomic mass is 32.1. The number of nitrogens with one attached hydrogen (secondary N) is 1. The van der Waals surface area contributed by atoms with Gasteiger partial charge in [-0.15, -0.1) is 0 Å². The molecule has 0 aliphatic rings. The first-order valence-electron chi connectivity index (χ1n) is 6.02. The molecular weight excluding hydrogens is 278 g/mol. The third kappa shape index (κ3) is 2.88. The molecule has 1 N–H and O–H groups in total. The van der Waals surface area contributed by atoms with Crippen LogP contribution in [0.25, 0.3) is 5.13 Å². The minimum atomic E-state index is -0.691. The van der Waals surface area contributed by atoms with E-state index in [0.29, 0.717) is 15.7 Å². The largest absolute Gasteiger partial charge is 0.467 e. The molecule has 0 bridgehead atoms. The van der Waals surface area contributed by atoms with Gasteiger partial charge in [0, 0.05) is 12.4 Å². The standard InChI is InChI=1S/C13H15N3O3S/c1-8-10(11(17)14-9(2)12(18)19-3)20-13(15-8)16-6-4-5-7-16/h4-7,9H,1-3H3,(H,14,17)/t9-/m1/s1. The van der Waals surface area contributed by atoms with E-state index >= 15 is 0 Å². The van der Waals surface area contributed by atoms with E-state index < -0.39 is 12.0 Å². The minimum Gasteiger partial charge on any atom is -0.467 e. The van der Waals surface area contributed by atoms with Gasteiger partial charge < -0.3 is 14.6 Å². The van der Waals surface area contributed by atoms with Crippen molar-refractivity contribution in [2.45, 2.75) is 19.9 Å². The monoisotopic (exact) mass is 293 g/mol. The average molecular weight is 293 g/mol. The zero-order valence-electron chi connectivity index (χ0n) is 11.4. The van der Waals surface area contributed by atoms with Gasteiger partial charge in [0.1, 0.15) is 10.9 Å². The van der Waals surface area contributed by atoms with Crippen LogP contribution in [-0.2, 0) is 9.53 Å². The Kier molecular flexibility index (Phi) is 4.19. The lowest BCUT2D eigenvalue weighted by atomic mass is 10.3. The lowest BCUT2D eigenvalue weighted by molar-refractivity contribution is -0.142. The van der Waals surface area contributed by atoms with Crippen molar-refractivity contribution in [2.75, 3.05) is 7.11 Å². The van der Waals surface area contributed by atoms with E-state index in [1.807, 2.05) is 29.1 Å². The zero-order chi connectivity index (χ0) is 14.7. The Morgan fingerprint density at radius 1 is 1.40 bits per heavy atom. The first-order chi connectivity index (χ1) is 9.52. The molecule has 0 aromatic carbocycles. The summed E-state index contributed by atoms with van der Waals surface area (Å²) in [5.74, 6) is -0.803. The number of carbonyl (C=O) groups excluding carboxylic acids is 2. The van der Waals surface area contributed by atoms with Crippen molar-refractivity contribution in [3.05, 3.63) is 35.1 Å². The third-order valence-electron chi connectivity index (χ3n) is 2.72. The summed E-state index contributed by atoms with van der Waals surface area (Å²) in [4.78, 5) is 28.3. The van der Waals surface area contributed by atoms with Crippen molar-refractivity contribution in [3.8, 4) is 5.13 Å². The van der Waals surface area contributed by atoms with Crippen LogP contribution in [0.15, 0.2) is 24.5 Å². The fraction of sp³-hybridized carbons (Fsp3) is 0.308. The minimum absolute atomic E-state index is 0.323. The van der Waals surface area contributed by atoms with Gasteiger partial charge in [0.2, 0.25) is 0 Å². The maximum Gasteiger partial charge on any atom is 0.328 e. The van der Waals surface area contributed by atoms with E-state index in [1.54, 1.807) is 13.8 Å². The molecule has 7 heteroatoms. The number of rotatable bonds is 4. The van der Waals surface area contributed by atoms with Gasteiger partial charge in [-0.25, -0.2) is 9.78 Å². The van der Waals surface area contributed by atoms with Crippen molar-refractivity contribution in [1.82, 2.24) is 14.9 Å². The first kappa shape index (κ1) is 14.3. The first-order valence-corrected chi connectivity index (χ1v) is 6.84. The number of esters is 1. The van der Waals surface area contributed by atoms with E-state index in [2.05, 4.69) is 15.0 Å².